The number of benzene rings is 2. The van der Waals surface area contributed by atoms with Gasteiger partial charge in [-0.15, -0.1) is 22.7 Å². The van der Waals surface area contributed by atoms with Gasteiger partial charge in [0.25, 0.3) is 5.91 Å². The number of hydrogen-bond donors (Lipinski definition) is 4. The molecule has 0 saturated heterocycles. The summed E-state index contributed by atoms with van der Waals surface area (Å²) in [5.41, 5.74) is 0.497. The summed E-state index contributed by atoms with van der Waals surface area (Å²) < 4.78 is 41.2. The van der Waals surface area contributed by atoms with Crippen LogP contribution in [-0.2, 0) is 11.2 Å². The maximum absolute atomic E-state index is 14.0. The minimum atomic E-state index is -1.08. The Morgan fingerprint density at radius 2 is 1.69 bits per heavy atom. The third-order valence-electron chi connectivity index (χ3n) is 6.00. The van der Waals surface area contributed by atoms with E-state index in [1.165, 1.54) is 35.7 Å². The van der Waals surface area contributed by atoms with Crippen molar-refractivity contribution < 1.29 is 33.0 Å². The number of hydrogen-bond acceptors (Lipinski definition) is 8. The van der Waals surface area contributed by atoms with Crippen LogP contribution in [0.3, 0.4) is 0 Å². The first-order chi connectivity index (χ1) is 20.1. The molecule has 2 amide bonds. The van der Waals surface area contributed by atoms with Crippen LogP contribution in [0, 0.1) is 17.5 Å². The Bertz CT molecular complexity index is 1410. The standard InChI is InChI=1S/C25H21F3N4O3S2.C4H10O/c26-15-7-4-14(5-8-15)6-9-18(22(34)25-29-10-11-36-25)32-20(33)13-30-23(35)19-12-31-24(37-19)21-16(27)2-1-3-17(21)28;1-3-4(2)5/h1-5,7-8,10-12,18,22,34H,6,9,13H2,(H,30,35)(H,32,33);4-5H,3H2,1-2H3. The third-order valence-corrected chi connectivity index (χ3v) is 7.86. The molecule has 42 heavy (non-hydrogen) atoms. The van der Waals surface area contributed by atoms with Crippen molar-refractivity contribution in [2.75, 3.05) is 6.54 Å². The predicted molar refractivity (Wildman–Crippen MR) is 155 cm³/mol. The molecule has 0 aliphatic heterocycles. The van der Waals surface area contributed by atoms with E-state index in [0.29, 0.717) is 17.8 Å². The van der Waals surface area contributed by atoms with Crippen LogP contribution in [0.2, 0.25) is 0 Å². The van der Waals surface area contributed by atoms with Crippen LogP contribution in [0.15, 0.2) is 60.2 Å². The van der Waals surface area contributed by atoms with E-state index >= 15 is 0 Å². The molecule has 13 heteroatoms. The highest BCUT2D eigenvalue weighted by Gasteiger charge is 2.25. The smallest absolute Gasteiger partial charge is 0.263 e. The molecule has 0 aliphatic rings. The summed E-state index contributed by atoms with van der Waals surface area (Å²) in [5, 5.41) is 26.4. The Labute approximate surface area is 249 Å². The van der Waals surface area contributed by atoms with Gasteiger partial charge in [0.2, 0.25) is 5.91 Å². The fourth-order valence-corrected chi connectivity index (χ4v) is 5.10. The van der Waals surface area contributed by atoms with Gasteiger partial charge in [-0.25, -0.2) is 23.1 Å². The highest BCUT2D eigenvalue weighted by atomic mass is 32.1. The number of aromatic nitrogens is 2. The van der Waals surface area contributed by atoms with Crippen molar-refractivity contribution in [3.8, 4) is 10.6 Å². The van der Waals surface area contributed by atoms with Crippen molar-refractivity contribution in [2.45, 2.75) is 51.4 Å². The number of rotatable bonds is 11. The molecule has 0 radical (unpaired) electrons. The molecule has 8 nitrogen and oxygen atoms in total. The van der Waals surface area contributed by atoms with E-state index < -0.39 is 42.1 Å². The summed E-state index contributed by atoms with van der Waals surface area (Å²) in [6.07, 6.45) is 3.17. The maximum Gasteiger partial charge on any atom is 0.263 e. The van der Waals surface area contributed by atoms with E-state index in [1.807, 2.05) is 6.92 Å². The molecule has 0 bridgehead atoms. The number of aryl methyl sites for hydroxylation is 1. The van der Waals surface area contributed by atoms with Gasteiger partial charge in [-0.1, -0.05) is 25.1 Å². The number of halogens is 3. The minimum absolute atomic E-state index is 0.00220. The van der Waals surface area contributed by atoms with Crippen molar-refractivity contribution in [1.29, 1.82) is 0 Å². The van der Waals surface area contributed by atoms with Crippen molar-refractivity contribution in [1.82, 2.24) is 20.6 Å². The first-order valence-electron chi connectivity index (χ1n) is 13.1. The molecule has 3 atom stereocenters. The van der Waals surface area contributed by atoms with Crippen molar-refractivity contribution >= 4 is 34.5 Å². The topological polar surface area (TPSA) is 124 Å². The molecule has 3 unspecified atom stereocenters. The zero-order chi connectivity index (χ0) is 30.6. The zero-order valence-electron chi connectivity index (χ0n) is 22.9. The third kappa shape index (κ3) is 9.72. The molecule has 224 valence electrons. The average molecular weight is 621 g/mol. The van der Waals surface area contributed by atoms with E-state index in [0.717, 1.165) is 35.5 Å². The normalized spacial score (nSPS) is 12.9. The first-order valence-corrected chi connectivity index (χ1v) is 14.8. The SMILES string of the molecule is CCC(C)O.O=C(CNC(=O)c1cnc(-c2c(F)cccc2F)s1)NC(CCc1ccc(F)cc1)C(O)c1nccs1. The number of nitrogens with one attached hydrogen (secondary N) is 2. The van der Waals surface area contributed by atoms with Gasteiger partial charge < -0.3 is 20.8 Å². The fraction of sp³-hybridized carbons (Fsp3) is 0.310. The molecule has 4 rings (SSSR count). The lowest BCUT2D eigenvalue weighted by Gasteiger charge is -2.23. The van der Waals surface area contributed by atoms with Gasteiger partial charge in [-0.2, -0.15) is 0 Å². The Kier molecular flexibility index (Phi) is 12.6. The van der Waals surface area contributed by atoms with Crippen LogP contribution in [0.1, 0.15) is 53.0 Å². The number of amides is 2. The van der Waals surface area contributed by atoms with Gasteiger partial charge in [0.05, 0.1) is 30.5 Å². The molecule has 2 aromatic carbocycles. The van der Waals surface area contributed by atoms with Crippen LogP contribution >= 0.6 is 22.7 Å². The monoisotopic (exact) mass is 620 g/mol. The summed E-state index contributed by atoms with van der Waals surface area (Å²) in [6.45, 7) is 3.32. The van der Waals surface area contributed by atoms with Crippen molar-refractivity contribution in [2.24, 2.45) is 0 Å². The lowest BCUT2D eigenvalue weighted by molar-refractivity contribution is -0.121. The van der Waals surface area contributed by atoms with Gasteiger partial charge in [0.1, 0.15) is 38.4 Å². The molecule has 4 aromatic rings. The van der Waals surface area contributed by atoms with Gasteiger partial charge in [-0.05, 0) is 56.0 Å². The molecule has 0 spiro atoms. The Morgan fingerprint density at radius 1 is 1.02 bits per heavy atom. The van der Waals surface area contributed by atoms with Gasteiger partial charge >= 0.3 is 0 Å². The summed E-state index contributed by atoms with van der Waals surface area (Å²) in [6, 6.07) is 8.61. The number of carbonyl (C=O) groups excluding carboxylic acids is 2. The number of aliphatic hydroxyl groups is 2. The molecular formula is C29H31F3N4O4S2. The molecular weight excluding hydrogens is 589 g/mol. The first kappa shape index (κ1) is 32.9. The lowest BCUT2D eigenvalue weighted by atomic mass is 10.0. The summed E-state index contributed by atoms with van der Waals surface area (Å²) in [7, 11) is 0. The molecule has 4 N–H and O–H groups in total. The van der Waals surface area contributed by atoms with Crippen LogP contribution in [0.25, 0.3) is 10.6 Å². The maximum atomic E-state index is 14.0. The number of carbonyl (C=O) groups is 2. The molecule has 2 aromatic heterocycles. The van der Waals surface area contributed by atoms with Crippen LogP contribution in [0.4, 0.5) is 13.2 Å². The van der Waals surface area contributed by atoms with E-state index in [4.69, 9.17) is 5.11 Å². The molecule has 0 fully saturated rings. The molecule has 2 heterocycles. The van der Waals surface area contributed by atoms with E-state index in [1.54, 1.807) is 30.6 Å². The van der Waals surface area contributed by atoms with Gasteiger partial charge in [0, 0.05) is 11.6 Å². The van der Waals surface area contributed by atoms with E-state index in [2.05, 4.69) is 20.6 Å². The lowest BCUT2D eigenvalue weighted by Crippen LogP contribution is -2.44. The number of thiazole rings is 2. The second kappa shape index (κ2) is 16.1. The summed E-state index contributed by atoms with van der Waals surface area (Å²) in [5.74, 6) is -3.16. The second-order valence-electron chi connectivity index (χ2n) is 9.22. The van der Waals surface area contributed by atoms with Crippen LogP contribution in [-0.4, -0.2) is 50.7 Å². The summed E-state index contributed by atoms with van der Waals surface area (Å²) >= 11 is 2.03. The number of nitrogens with zero attached hydrogens (tertiary/aromatic N) is 2. The Hall–Kier alpha value is -3.65. The van der Waals surface area contributed by atoms with Crippen LogP contribution < -0.4 is 10.6 Å². The van der Waals surface area contributed by atoms with Crippen molar-refractivity contribution in [3.05, 3.63) is 93.1 Å². The fourth-order valence-electron chi connectivity index (χ4n) is 3.54. The quantitative estimate of drug-likeness (QED) is 0.186. The Morgan fingerprint density at radius 3 is 2.29 bits per heavy atom. The van der Waals surface area contributed by atoms with Gasteiger partial charge in [0.15, 0.2) is 0 Å². The minimum Gasteiger partial charge on any atom is -0.393 e. The molecule has 0 saturated carbocycles. The van der Waals surface area contributed by atoms with Gasteiger partial charge in [-0.3, -0.25) is 9.59 Å². The Balaban J connectivity index is 0.000000892. The highest BCUT2D eigenvalue weighted by Crippen LogP contribution is 2.30. The average Bonchev–Trinajstić information content (AvgIpc) is 3.68. The number of aliphatic hydroxyl groups excluding tert-OH is 2. The zero-order valence-corrected chi connectivity index (χ0v) is 24.5. The second-order valence-corrected chi connectivity index (χ2v) is 11.2. The largest absolute Gasteiger partial charge is 0.393 e. The van der Waals surface area contributed by atoms with E-state index in [-0.39, 0.29) is 27.4 Å². The summed E-state index contributed by atoms with van der Waals surface area (Å²) in [4.78, 5) is 33.2. The van der Waals surface area contributed by atoms with Crippen molar-refractivity contribution in [3.63, 3.8) is 0 Å². The highest BCUT2D eigenvalue weighted by molar-refractivity contribution is 7.16. The van der Waals surface area contributed by atoms with E-state index in [9.17, 15) is 27.9 Å². The molecule has 0 aliphatic carbocycles. The van der Waals surface area contributed by atoms with Crippen LogP contribution in [0.5, 0.6) is 0 Å². The predicted octanol–water partition coefficient (Wildman–Crippen LogP) is 5.04.